The number of carbonyl (C=O) groups excluding carboxylic acids is 1. The molecule has 4 heteroatoms. The maximum Gasteiger partial charge on any atom is 0.230 e. The molecule has 0 aromatic carbocycles. The number of nitrogens with two attached hydrogens (primary N) is 1. The quantitative estimate of drug-likeness (QED) is 0.734. The Morgan fingerprint density at radius 1 is 1.47 bits per heavy atom. The van der Waals surface area contributed by atoms with E-state index in [1.165, 1.54) is 0 Å². The van der Waals surface area contributed by atoms with Crippen molar-refractivity contribution in [2.45, 2.75) is 51.3 Å². The predicted octanol–water partition coefficient (Wildman–Crippen LogP) is 1.76. The van der Waals surface area contributed by atoms with Crippen molar-refractivity contribution in [1.29, 1.82) is 0 Å². The summed E-state index contributed by atoms with van der Waals surface area (Å²) >= 11 is 1.66. The highest BCUT2D eigenvalue weighted by molar-refractivity contribution is 8.01. The van der Waals surface area contributed by atoms with Crippen molar-refractivity contribution in [3.63, 3.8) is 0 Å². The maximum atomic E-state index is 11.5. The van der Waals surface area contributed by atoms with Gasteiger partial charge in [0, 0.05) is 17.3 Å². The van der Waals surface area contributed by atoms with E-state index in [4.69, 9.17) is 5.73 Å². The molecule has 0 saturated heterocycles. The second-order valence-corrected chi connectivity index (χ2v) is 6.49. The number of hydrogen-bond acceptors (Lipinski definition) is 3. The van der Waals surface area contributed by atoms with Gasteiger partial charge in [-0.3, -0.25) is 4.79 Å². The van der Waals surface area contributed by atoms with Crippen molar-refractivity contribution in [3.8, 4) is 0 Å². The molecular weight excluding hydrogens is 208 g/mol. The molecule has 0 rings (SSSR count). The zero-order valence-corrected chi connectivity index (χ0v) is 11.1. The minimum absolute atomic E-state index is 0.0961. The Morgan fingerprint density at radius 2 is 2.07 bits per heavy atom. The van der Waals surface area contributed by atoms with Crippen LogP contribution in [0.4, 0.5) is 0 Å². The Balaban J connectivity index is 3.81. The summed E-state index contributed by atoms with van der Waals surface area (Å²) in [6.45, 7) is 8.95. The fourth-order valence-corrected chi connectivity index (χ4v) is 1.80. The minimum Gasteiger partial charge on any atom is -0.351 e. The Kier molecular flexibility index (Phi) is 7.02. The fourth-order valence-electron chi connectivity index (χ4n) is 1.15. The molecule has 0 bridgehead atoms. The summed E-state index contributed by atoms with van der Waals surface area (Å²) in [4.78, 5) is 11.5. The molecule has 0 radical (unpaired) electrons. The lowest BCUT2D eigenvalue weighted by Gasteiger charge is -2.19. The standard InChI is InChI=1S/C11H24N2OS/c1-5-6-9(7-12)13-10(14)8-15-11(2,3)4/h9H,5-8,12H2,1-4H3,(H,13,14). The first kappa shape index (κ1) is 14.8. The molecule has 0 aromatic heterocycles. The van der Waals surface area contributed by atoms with Crippen LogP contribution in [0.25, 0.3) is 0 Å². The monoisotopic (exact) mass is 232 g/mol. The maximum absolute atomic E-state index is 11.5. The SMILES string of the molecule is CCCC(CN)NC(=O)CSC(C)(C)C. The Labute approximate surface area is 97.6 Å². The molecule has 0 aliphatic heterocycles. The van der Waals surface area contributed by atoms with Gasteiger partial charge in [-0.25, -0.2) is 0 Å². The summed E-state index contributed by atoms with van der Waals surface area (Å²) in [5, 5.41) is 2.96. The first-order valence-electron chi connectivity index (χ1n) is 5.52. The summed E-state index contributed by atoms with van der Waals surface area (Å²) in [5.41, 5.74) is 5.57. The molecule has 0 spiro atoms. The van der Waals surface area contributed by atoms with E-state index < -0.39 is 0 Å². The van der Waals surface area contributed by atoms with Crippen LogP contribution >= 0.6 is 11.8 Å². The van der Waals surface area contributed by atoms with Crippen molar-refractivity contribution in [2.75, 3.05) is 12.3 Å². The molecule has 90 valence electrons. The van der Waals surface area contributed by atoms with Crippen molar-refractivity contribution >= 4 is 17.7 Å². The highest BCUT2D eigenvalue weighted by Gasteiger charge is 2.15. The molecule has 0 heterocycles. The van der Waals surface area contributed by atoms with Crippen LogP contribution in [0.15, 0.2) is 0 Å². The van der Waals surface area contributed by atoms with Crippen LogP contribution in [0.2, 0.25) is 0 Å². The van der Waals surface area contributed by atoms with E-state index in [0.717, 1.165) is 12.8 Å². The van der Waals surface area contributed by atoms with Crippen LogP contribution in [-0.2, 0) is 4.79 Å². The molecule has 1 amide bonds. The van der Waals surface area contributed by atoms with Crippen molar-refractivity contribution in [2.24, 2.45) is 5.73 Å². The molecule has 0 saturated carbocycles. The van der Waals surface area contributed by atoms with Crippen molar-refractivity contribution < 1.29 is 4.79 Å². The number of carbonyl (C=O) groups is 1. The van der Waals surface area contributed by atoms with Crippen LogP contribution in [0.5, 0.6) is 0 Å². The molecule has 0 aliphatic rings. The van der Waals surface area contributed by atoms with Crippen molar-refractivity contribution in [1.82, 2.24) is 5.32 Å². The molecule has 15 heavy (non-hydrogen) atoms. The first-order chi connectivity index (χ1) is 6.89. The normalized spacial score (nSPS) is 13.7. The second kappa shape index (κ2) is 7.12. The molecule has 1 atom stereocenters. The summed E-state index contributed by atoms with van der Waals surface area (Å²) in [6, 6.07) is 0.142. The van der Waals surface area contributed by atoms with Crippen LogP contribution in [0.1, 0.15) is 40.5 Å². The molecule has 1 unspecified atom stereocenters. The summed E-state index contributed by atoms with van der Waals surface area (Å²) < 4.78 is 0.139. The molecule has 3 nitrogen and oxygen atoms in total. The average molecular weight is 232 g/mol. The molecule has 3 N–H and O–H groups in total. The van der Waals surface area contributed by atoms with Crippen molar-refractivity contribution in [3.05, 3.63) is 0 Å². The van der Waals surface area contributed by atoms with E-state index >= 15 is 0 Å². The third-order valence-electron chi connectivity index (χ3n) is 1.92. The highest BCUT2D eigenvalue weighted by atomic mass is 32.2. The number of amides is 1. The first-order valence-corrected chi connectivity index (χ1v) is 6.51. The average Bonchev–Trinajstić information content (AvgIpc) is 2.13. The fraction of sp³-hybridized carbons (Fsp3) is 0.909. The number of hydrogen-bond donors (Lipinski definition) is 2. The predicted molar refractivity (Wildman–Crippen MR) is 68.1 cm³/mol. The lowest BCUT2D eigenvalue weighted by Crippen LogP contribution is -2.41. The highest BCUT2D eigenvalue weighted by Crippen LogP contribution is 2.22. The van der Waals surface area contributed by atoms with Crippen LogP contribution in [0.3, 0.4) is 0 Å². The van der Waals surface area contributed by atoms with Gasteiger partial charge in [-0.15, -0.1) is 11.8 Å². The summed E-state index contributed by atoms with van der Waals surface area (Å²) in [6.07, 6.45) is 2.01. The van der Waals surface area contributed by atoms with Gasteiger partial charge < -0.3 is 11.1 Å². The second-order valence-electron chi connectivity index (χ2n) is 4.69. The van der Waals surface area contributed by atoms with Crippen LogP contribution < -0.4 is 11.1 Å². The Bertz CT molecular complexity index is 190. The molecule has 0 aromatic rings. The molecule has 0 aliphatic carbocycles. The molecule has 0 fully saturated rings. The Hall–Kier alpha value is -0.220. The van der Waals surface area contributed by atoms with Gasteiger partial charge in [-0.2, -0.15) is 0 Å². The lowest BCUT2D eigenvalue weighted by atomic mass is 10.2. The summed E-state index contributed by atoms with van der Waals surface area (Å²) in [7, 11) is 0. The van der Waals surface area contributed by atoms with Gasteiger partial charge in [0.05, 0.1) is 5.75 Å². The number of thioether (sulfide) groups is 1. The van der Waals surface area contributed by atoms with Gasteiger partial charge in [0.15, 0.2) is 0 Å². The van der Waals surface area contributed by atoms with E-state index in [1.54, 1.807) is 11.8 Å². The number of rotatable bonds is 6. The molecular formula is C11H24N2OS. The van der Waals surface area contributed by atoms with E-state index in [1.807, 2.05) is 0 Å². The third kappa shape index (κ3) is 8.75. The van der Waals surface area contributed by atoms with E-state index in [0.29, 0.717) is 12.3 Å². The minimum atomic E-state index is 0.0961. The smallest absolute Gasteiger partial charge is 0.230 e. The zero-order chi connectivity index (χ0) is 11.9. The van der Waals surface area contributed by atoms with Gasteiger partial charge >= 0.3 is 0 Å². The number of nitrogens with one attached hydrogen (secondary N) is 1. The topological polar surface area (TPSA) is 55.1 Å². The Morgan fingerprint density at radius 3 is 2.47 bits per heavy atom. The van der Waals surface area contributed by atoms with Gasteiger partial charge in [-0.1, -0.05) is 34.1 Å². The zero-order valence-electron chi connectivity index (χ0n) is 10.3. The van der Waals surface area contributed by atoms with E-state index in [9.17, 15) is 4.79 Å². The van der Waals surface area contributed by atoms with Gasteiger partial charge in [0.1, 0.15) is 0 Å². The van der Waals surface area contributed by atoms with E-state index in [2.05, 4.69) is 33.0 Å². The van der Waals surface area contributed by atoms with E-state index in [-0.39, 0.29) is 16.7 Å². The summed E-state index contributed by atoms with van der Waals surface area (Å²) in [5.74, 6) is 0.614. The third-order valence-corrected chi connectivity index (χ3v) is 3.20. The van der Waals surface area contributed by atoms with Crippen LogP contribution in [0, 0.1) is 0 Å². The van der Waals surface area contributed by atoms with Crippen LogP contribution in [-0.4, -0.2) is 29.0 Å². The van der Waals surface area contributed by atoms with Gasteiger partial charge in [0.25, 0.3) is 0 Å². The lowest BCUT2D eigenvalue weighted by molar-refractivity contribution is -0.119. The van der Waals surface area contributed by atoms with Gasteiger partial charge in [-0.05, 0) is 6.42 Å². The largest absolute Gasteiger partial charge is 0.351 e. The van der Waals surface area contributed by atoms with Gasteiger partial charge in [0.2, 0.25) is 5.91 Å².